The van der Waals surface area contributed by atoms with Crippen LogP contribution in [0.5, 0.6) is 0 Å². The van der Waals surface area contributed by atoms with Crippen LogP contribution in [0.2, 0.25) is 0 Å². The van der Waals surface area contributed by atoms with Crippen LogP contribution < -0.4 is 4.90 Å². The van der Waals surface area contributed by atoms with Crippen LogP contribution in [-0.4, -0.2) is 71.9 Å². The molecule has 30 heavy (non-hydrogen) atoms. The Morgan fingerprint density at radius 2 is 1.83 bits per heavy atom. The van der Waals surface area contributed by atoms with Gasteiger partial charge in [0.15, 0.2) is 0 Å². The number of carbonyl (C=O) groups excluding carboxylic acids is 1. The van der Waals surface area contributed by atoms with E-state index < -0.39 is 0 Å². The zero-order chi connectivity index (χ0) is 21.7. The Kier molecular flexibility index (Phi) is 7.75. The molecule has 2 aromatic heterocycles. The Balaban J connectivity index is 1.98. The summed E-state index contributed by atoms with van der Waals surface area (Å²) in [4.78, 5) is 24.7. The van der Waals surface area contributed by atoms with Gasteiger partial charge in [0.05, 0.1) is 11.3 Å². The molecular formula is C24H39N5O. The first-order valence-corrected chi connectivity index (χ1v) is 11.6. The Morgan fingerprint density at radius 1 is 1.10 bits per heavy atom. The number of hydrogen-bond acceptors (Lipinski definition) is 4. The molecule has 3 heterocycles. The summed E-state index contributed by atoms with van der Waals surface area (Å²) >= 11 is 0. The molecule has 0 spiro atoms. The molecule has 1 aliphatic rings. The second kappa shape index (κ2) is 10.3. The number of pyridine rings is 1. The number of imidazole rings is 1. The van der Waals surface area contributed by atoms with Crippen molar-refractivity contribution in [2.75, 3.05) is 51.7 Å². The van der Waals surface area contributed by atoms with Crippen molar-refractivity contribution in [1.82, 2.24) is 19.2 Å². The third-order valence-corrected chi connectivity index (χ3v) is 5.98. The molecule has 0 radical (unpaired) electrons. The summed E-state index contributed by atoms with van der Waals surface area (Å²) in [5, 5.41) is 0. The molecule has 6 nitrogen and oxygen atoms in total. The van der Waals surface area contributed by atoms with Crippen LogP contribution in [0.1, 0.15) is 62.5 Å². The van der Waals surface area contributed by atoms with Gasteiger partial charge in [0.2, 0.25) is 0 Å². The number of hydrogen-bond donors (Lipinski definition) is 0. The van der Waals surface area contributed by atoms with Gasteiger partial charge in [-0.25, -0.2) is 4.98 Å². The number of amides is 1. The number of rotatable bonds is 9. The number of anilines is 1. The lowest BCUT2D eigenvalue weighted by Gasteiger charge is -2.28. The van der Waals surface area contributed by atoms with Gasteiger partial charge in [-0.1, -0.05) is 20.8 Å². The highest BCUT2D eigenvalue weighted by Crippen LogP contribution is 2.25. The standard InChI is InChI=1S/C24H39N5O/c1-6-21-23(27(15-12-19(2)3)17-16-26(4)5)29-18-20(10-11-22(29)25-21)24(30)28-13-8-7-9-14-28/h10-11,18-19H,6-9,12-17H2,1-5H3. The van der Waals surface area contributed by atoms with Gasteiger partial charge in [-0.2, -0.15) is 0 Å². The molecule has 6 heteroatoms. The summed E-state index contributed by atoms with van der Waals surface area (Å²) in [5.74, 6) is 1.95. The van der Waals surface area contributed by atoms with Gasteiger partial charge >= 0.3 is 0 Å². The molecule has 1 saturated heterocycles. The monoisotopic (exact) mass is 413 g/mol. The van der Waals surface area contributed by atoms with Crippen molar-refractivity contribution in [3.8, 4) is 0 Å². The summed E-state index contributed by atoms with van der Waals surface area (Å²) in [7, 11) is 4.23. The number of nitrogens with zero attached hydrogens (tertiary/aromatic N) is 5. The van der Waals surface area contributed by atoms with E-state index in [1.54, 1.807) is 0 Å². The van der Waals surface area contributed by atoms with Gasteiger partial charge < -0.3 is 14.7 Å². The van der Waals surface area contributed by atoms with Gasteiger partial charge in [-0.05, 0) is 64.3 Å². The topological polar surface area (TPSA) is 44.1 Å². The second-order valence-corrected chi connectivity index (χ2v) is 9.21. The van der Waals surface area contributed by atoms with Crippen molar-refractivity contribution >= 4 is 17.4 Å². The average molecular weight is 414 g/mol. The Bertz CT molecular complexity index is 823. The van der Waals surface area contributed by atoms with Crippen molar-refractivity contribution in [3.63, 3.8) is 0 Å². The Labute approximate surface area is 181 Å². The van der Waals surface area contributed by atoms with Gasteiger partial charge in [0.25, 0.3) is 5.91 Å². The van der Waals surface area contributed by atoms with Crippen LogP contribution >= 0.6 is 0 Å². The highest BCUT2D eigenvalue weighted by Gasteiger charge is 2.22. The molecule has 0 aromatic carbocycles. The fourth-order valence-electron chi connectivity index (χ4n) is 4.12. The maximum absolute atomic E-state index is 13.1. The minimum absolute atomic E-state index is 0.149. The van der Waals surface area contributed by atoms with Crippen molar-refractivity contribution in [2.24, 2.45) is 5.92 Å². The van der Waals surface area contributed by atoms with E-state index >= 15 is 0 Å². The smallest absolute Gasteiger partial charge is 0.255 e. The van der Waals surface area contributed by atoms with Crippen LogP contribution in [-0.2, 0) is 6.42 Å². The lowest BCUT2D eigenvalue weighted by atomic mass is 10.1. The third-order valence-electron chi connectivity index (χ3n) is 5.98. The van der Waals surface area contributed by atoms with Crippen LogP contribution in [0, 0.1) is 5.92 Å². The van der Waals surface area contributed by atoms with Crippen molar-refractivity contribution in [3.05, 3.63) is 29.6 Å². The van der Waals surface area contributed by atoms with Crippen molar-refractivity contribution < 1.29 is 4.79 Å². The first kappa shape index (κ1) is 22.6. The van der Waals surface area contributed by atoms with Crippen LogP contribution in [0.3, 0.4) is 0 Å². The molecule has 0 saturated carbocycles. The maximum atomic E-state index is 13.1. The molecule has 1 aliphatic heterocycles. The number of fused-ring (bicyclic) bond motifs is 1. The summed E-state index contributed by atoms with van der Waals surface area (Å²) < 4.78 is 2.16. The number of aromatic nitrogens is 2. The van der Waals surface area contributed by atoms with Crippen LogP contribution in [0.25, 0.3) is 5.65 Å². The maximum Gasteiger partial charge on any atom is 0.255 e. The van der Waals surface area contributed by atoms with E-state index in [1.807, 2.05) is 23.2 Å². The molecule has 1 amide bonds. The van der Waals surface area contributed by atoms with E-state index in [9.17, 15) is 4.79 Å². The van der Waals surface area contributed by atoms with Crippen molar-refractivity contribution in [1.29, 1.82) is 0 Å². The Morgan fingerprint density at radius 3 is 2.47 bits per heavy atom. The number of aryl methyl sites for hydroxylation is 1. The molecule has 0 unspecified atom stereocenters. The minimum Gasteiger partial charge on any atom is -0.355 e. The molecule has 1 fully saturated rings. The van der Waals surface area contributed by atoms with Crippen LogP contribution in [0.4, 0.5) is 5.82 Å². The molecule has 0 aliphatic carbocycles. The van der Waals surface area contributed by atoms with Gasteiger partial charge in [0.1, 0.15) is 11.5 Å². The zero-order valence-electron chi connectivity index (χ0n) is 19.5. The molecule has 0 bridgehead atoms. The number of likely N-dealkylation sites (tertiary alicyclic amines) is 1. The van der Waals surface area contributed by atoms with E-state index in [-0.39, 0.29) is 5.91 Å². The number of piperidine rings is 1. The summed E-state index contributed by atoms with van der Waals surface area (Å²) in [6, 6.07) is 3.95. The van der Waals surface area contributed by atoms with Crippen molar-refractivity contribution in [2.45, 2.75) is 52.9 Å². The first-order valence-electron chi connectivity index (χ1n) is 11.6. The van der Waals surface area contributed by atoms with Gasteiger partial charge in [0, 0.05) is 38.9 Å². The molecule has 166 valence electrons. The van der Waals surface area contributed by atoms with E-state index in [2.05, 4.69) is 49.1 Å². The number of carbonyl (C=O) groups is 1. The van der Waals surface area contributed by atoms with Gasteiger partial charge in [-0.15, -0.1) is 0 Å². The molecular weight excluding hydrogens is 374 g/mol. The van der Waals surface area contributed by atoms with E-state index in [4.69, 9.17) is 4.98 Å². The first-order chi connectivity index (χ1) is 14.4. The second-order valence-electron chi connectivity index (χ2n) is 9.21. The fraction of sp³-hybridized carbons (Fsp3) is 0.667. The minimum atomic E-state index is 0.149. The Hall–Kier alpha value is -2.08. The lowest BCUT2D eigenvalue weighted by molar-refractivity contribution is 0.0724. The molecule has 0 atom stereocenters. The van der Waals surface area contributed by atoms with Crippen LogP contribution in [0.15, 0.2) is 18.3 Å². The predicted molar refractivity (Wildman–Crippen MR) is 125 cm³/mol. The predicted octanol–water partition coefficient (Wildman–Crippen LogP) is 3.94. The van der Waals surface area contributed by atoms with E-state index in [1.165, 1.54) is 6.42 Å². The van der Waals surface area contributed by atoms with E-state index in [0.717, 1.165) is 81.1 Å². The average Bonchev–Trinajstić information content (AvgIpc) is 3.11. The summed E-state index contributed by atoms with van der Waals surface area (Å²) in [6.45, 7) is 11.4. The SMILES string of the molecule is CCc1nc2ccc(C(=O)N3CCCCC3)cn2c1N(CCC(C)C)CCN(C)C. The normalized spacial score (nSPS) is 14.8. The molecule has 0 N–H and O–H groups in total. The third kappa shape index (κ3) is 5.34. The quantitative estimate of drug-likeness (QED) is 0.625. The van der Waals surface area contributed by atoms with Gasteiger partial charge in [-0.3, -0.25) is 9.20 Å². The summed E-state index contributed by atoms with van der Waals surface area (Å²) in [6.07, 6.45) is 7.48. The van der Waals surface area contributed by atoms with E-state index in [0.29, 0.717) is 5.92 Å². The molecule has 3 rings (SSSR count). The molecule has 2 aromatic rings. The lowest BCUT2D eigenvalue weighted by Crippen LogP contribution is -2.36. The largest absolute Gasteiger partial charge is 0.355 e. The zero-order valence-corrected chi connectivity index (χ0v) is 19.5. The highest BCUT2D eigenvalue weighted by atomic mass is 16.2. The summed E-state index contributed by atoms with van der Waals surface area (Å²) in [5.41, 5.74) is 2.80. The fourth-order valence-corrected chi connectivity index (χ4v) is 4.12. The number of likely N-dealkylation sites (N-methyl/N-ethyl adjacent to an activating group) is 1. The highest BCUT2D eigenvalue weighted by molar-refractivity contribution is 5.94.